The van der Waals surface area contributed by atoms with E-state index in [0.29, 0.717) is 11.4 Å². The van der Waals surface area contributed by atoms with Crippen molar-refractivity contribution in [1.29, 1.82) is 0 Å². The Morgan fingerprint density at radius 3 is 2.83 bits per heavy atom. The van der Waals surface area contributed by atoms with Gasteiger partial charge in [0, 0.05) is 10.5 Å². The number of hydrogen-bond acceptors (Lipinski definition) is 3. The quantitative estimate of drug-likeness (QED) is 0.883. The maximum absolute atomic E-state index is 12.2. The minimum atomic E-state index is -3.44. The Hall–Kier alpha value is -0.430. The van der Waals surface area contributed by atoms with E-state index in [1.54, 1.807) is 24.3 Å². The average Bonchev–Trinajstić information content (AvgIpc) is 2.75. The average molecular weight is 333 g/mol. The summed E-state index contributed by atoms with van der Waals surface area (Å²) in [7, 11) is -3.44. The molecule has 0 aromatic heterocycles. The maximum atomic E-state index is 12.2. The van der Waals surface area contributed by atoms with Gasteiger partial charge in [0.1, 0.15) is 0 Å². The van der Waals surface area contributed by atoms with Crippen LogP contribution in [0.15, 0.2) is 33.6 Å². The van der Waals surface area contributed by atoms with Crippen molar-refractivity contribution in [3.8, 4) is 0 Å². The maximum Gasteiger partial charge on any atom is 0.240 e. The van der Waals surface area contributed by atoms with E-state index in [2.05, 4.69) is 20.7 Å². The summed E-state index contributed by atoms with van der Waals surface area (Å²) in [4.78, 5) is 0.291. The number of nitrogens with one attached hydrogen (secondary N) is 1. The lowest BCUT2D eigenvalue weighted by molar-refractivity contribution is 0.453. The molecule has 2 rings (SSSR count). The van der Waals surface area contributed by atoms with Gasteiger partial charge in [0.05, 0.1) is 4.90 Å². The van der Waals surface area contributed by atoms with Crippen LogP contribution in [0.4, 0.5) is 0 Å². The molecule has 1 fully saturated rings. The van der Waals surface area contributed by atoms with Crippen LogP contribution in [0.2, 0.25) is 0 Å². The first kappa shape index (κ1) is 14.0. The number of benzene rings is 1. The number of nitrogens with two attached hydrogens (primary N) is 1. The van der Waals surface area contributed by atoms with Gasteiger partial charge in [-0.05, 0) is 43.5 Å². The van der Waals surface area contributed by atoms with E-state index in [-0.39, 0.29) is 12.0 Å². The highest BCUT2D eigenvalue weighted by Crippen LogP contribution is 2.26. The molecule has 1 aliphatic carbocycles. The van der Waals surface area contributed by atoms with Gasteiger partial charge in [0.15, 0.2) is 0 Å². The second-order valence-corrected chi connectivity index (χ2v) is 7.24. The Balaban J connectivity index is 2.17. The van der Waals surface area contributed by atoms with Gasteiger partial charge in [-0.15, -0.1) is 0 Å². The normalized spacial score (nSPS) is 24.3. The van der Waals surface area contributed by atoms with Gasteiger partial charge in [-0.3, -0.25) is 0 Å². The van der Waals surface area contributed by atoms with E-state index in [9.17, 15) is 8.42 Å². The van der Waals surface area contributed by atoms with Gasteiger partial charge in [0.25, 0.3) is 0 Å². The third-order valence-corrected chi connectivity index (χ3v) is 5.36. The van der Waals surface area contributed by atoms with Crippen molar-refractivity contribution in [3.05, 3.63) is 28.7 Å². The van der Waals surface area contributed by atoms with Gasteiger partial charge in [-0.2, -0.15) is 0 Å². The molecule has 0 heterocycles. The lowest BCUT2D eigenvalue weighted by Crippen LogP contribution is -2.39. The second-order valence-electron chi connectivity index (χ2n) is 4.61. The summed E-state index contributed by atoms with van der Waals surface area (Å²) in [6.07, 6.45) is 2.91. The summed E-state index contributed by atoms with van der Waals surface area (Å²) >= 11 is 3.28. The summed E-state index contributed by atoms with van der Waals surface area (Å²) in [5, 5.41) is 0. The summed E-state index contributed by atoms with van der Waals surface area (Å²) in [5.41, 5.74) is 5.66. The third kappa shape index (κ3) is 3.12. The summed E-state index contributed by atoms with van der Waals surface area (Å²) in [5.74, 6) is 0.256. The first-order valence-electron chi connectivity index (χ1n) is 6.01. The highest BCUT2D eigenvalue weighted by molar-refractivity contribution is 9.10. The molecule has 3 N–H and O–H groups in total. The molecule has 0 saturated heterocycles. The largest absolute Gasteiger partial charge is 0.330 e. The van der Waals surface area contributed by atoms with Crippen molar-refractivity contribution in [1.82, 2.24) is 4.72 Å². The van der Waals surface area contributed by atoms with Gasteiger partial charge >= 0.3 is 0 Å². The third-order valence-electron chi connectivity index (χ3n) is 3.37. The van der Waals surface area contributed by atoms with Crippen molar-refractivity contribution in [2.24, 2.45) is 11.7 Å². The zero-order chi connectivity index (χ0) is 13.2. The molecular formula is C12H17BrN2O2S. The number of hydrogen-bond donors (Lipinski definition) is 2. The molecule has 100 valence electrons. The fourth-order valence-corrected chi connectivity index (χ4v) is 4.31. The Labute approximate surface area is 116 Å². The molecule has 18 heavy (non-hydrogen) atoms. The standard InChI is InChI=1S/C12H17BrN2O2S/c13-10-4-2-5-11(7-10)18(16,17)15-12-6-1-3-9(12)8-14/h2,4-5,7,9,12,15H,1,3,6,8,14H2. The number of sulfonamides is 1. The fourth-order valence-electron chi connectivity index (χ4n) is 2.38. The van der Waals surface area contributed by atoms with Crippen LogP contribution in [-0.2, 0) is 10.0 Å². The molecule has 0 radical (unpaired) electrons. The summed E-state index contributed by atoms with van der Waals surface area (Å²) in [6, 6.07) is 6.69. The zero-order valence-electron chi connectivity index (χ0n) is 9.97. The van der Waals surface area contributed by atoms with Crippen LogP contribution >= 0.6 is 15.9 Å². The van der Waals surface area contributed by atoms with Crippen LogP contribution in [-0.4, -0.2) is 21.0 Å². The Bertz CT molecular complexity index is 519. The van der Waals surface area contributed by atoms with E-state index in [4.69, 9.17) is 5.73 Å². The lowest BCUT2D eigenvalue weighted by atomic mass is 10.1. The van der Waals surface area contributed by atoms with Crippen LogP contribution in [0, 0.1) is 5.92 Å². The Morgan fingerprint density at radius 1 is 1.39 bits per heavy atom. The summed E-state index contributed by atoms with van der Waals surface area (Å²) < 4.78 is 28.0. The highest BCUT2D eigenvalue weighted by atomic mass is 79.9. The molecule has 0 aliphatic heterocycles. The van der Waals surface area contributed by atoms with Crippen molar-refractivity contribution in [2.75, 3.05) is 6.54 Å². The van der Waals surface area contributed by atoms with Gasteiger partial charge in [0.2, 0.25) is 10.0 Å². The first-order chi connectivity index (χ1) is 8.53. The predicted molar refractivity (Wildman–Crippen MR) is 74.6 cm³/mol. The van der Waals surface area contributed by atoms with Crippen LogP contribution in [0.3, 0.4) is 0 Å². The van der Waals surface area contributed by atoms with Crippen LogP contribution in [0.25, 0.3) is 0 Å². The van der Waals surface area contributed by atoms with Crippen LogP contribution in [0.1, 0.15) is 19.3 Å². The van der Waals surface area contributed by atoms with Crippen LogP contribution < -0.4 is 10.5 Å². The molecule has 4 nitrogen and oxygen atoms in total. The molecule has 0 amide bonds. The molecular weight excluding hydrogens is 316 g/mol. The molecule has 1 saturated carbocycles. The molecule has 2 unspecified atom stereocenters. The topological polar surface area (TPSA) is 72.2 Å². The Morgan fingerprint density at radius 2 is 2.17 bits per heavy atom. The Kier molecular flexibility index (Phi) is 4.42. The molecule has 0 bridgehead atoms. The fraction of sp³-hybridized carbons (Fsp3) is 0.500. The van der Waals surface area contributed by atoms with Crippen molar-refractivity contribution in [3.63, 3.8) is 0 Å². The van der Waals surface area contributed by atoms with E-state index in [1.807, 2.05) is 0 Å². The highest BCUT2D eigenvalue weighted by Gasteiger charge is 2.30. The number of halogens is 1. The van der Waals surface area contributed by atoms with E-state index < -0.39 is 10.0 Å². The first-order valence-corrected chi connectivity index (χ1v) is 8.28. The molecule has 6 heteroatoms. The smallest absolute Gasteiger partial charge is 0.240 e. The van der Waals surface area contributed by atoms with Gasteiger partial charge < -0.3 is 5.73 Å². The van der Waals surface area contributed by atoms with Crippen LogP contribution in [0.5, 0.6) is 0 Å². The lowest BCUT2D eigenvalue weighted by Gasteiger charge is -2.19. The van der Waals surface area contributed by atoms with Gasteiger partial charge in [-0.25, -0.2) is 13.1 Å². The molecule has 1 aromatic rings. The van der Waals surface area contributed by atoms with Gasteiger partial charge in [-0.1, -0.05) is 28.4 Å². The zero-order valence-corrected chi connectivity index (χ0v) is 12.4. The molecule has 1 aliphatic rings. The van der Waals surface area contributed by atoms with Crippen molar-refractivity contribution >= 4 is 26.0 Å². The minimum Gasteiger partial charge on any atom is -0.330 e. The molecule has 0 spiro atoms. The van der Waals surface area contributed by atoms with Crippen molar-refractivity contribution < 1.29 is 8.42 Å². The van der Waals surface area contributed by atoms with E-state index in [1.165, 1.54) is 0 Å². The predicted octanol–water partition coefficient (Wildman–Crippen LogP) is 1.85. The monoisotopic (exact) mass is 332 g/mol. The number of rotatable bonds is 4. The van der Waals surface area contributed by atoms with Crippen molar-refractivity contribution in [2.45, 2.75) is 30.2 Å². The molecule has 2 atom stereocenters. The molecule has 1 aromatic carbocycles. The second kappa shape index (κ2) is 5.69. The SMILES string of the molecule is NCC1CCCC1NS(=O)(=O)c1cccc(Br)c1. The van der Waals surface area contributed by atoms with E-state index >= 15 is 0 Å². The summed E-state index contributed by atoms with van der Waals surface area (Å²) in [6.45, 7) is 0.533. The van der Waals surface area contributed by atoms with E-state index in [0.717, 1.165) is 23.7 Å². The minimum absolute atomic E-state index is 0.0287.